The molecule has 0 saturated heterocycles. The van der Waals surface area contributed by atoms with Crippen molar-refractivity contribution < 1.29 is 9.53 Å². The average Bonchev–Trinajstić information content (AvgIpc) is 2.98. The van der Waals surface area contributed by atoms with Crippen LogP contribution in [0.4, 0.5) is 5.69 Å². The molecule has 0 saturated carbocycles. The van der Waals surface area contributed by atoms with E-state index in [2.05, 4.69) is 5.32 Å². The second kappa shape index (κ2) is 6.55. The highest BCUT2D eigenvalue weighted by molar-refractivity contribution is 7.10. The maximum absolute atomic E-state index is 12.1. The smallest absolute Gasteiger partial charge is 0.266 e. The van der Waals surface area contributed by atoms with Gasteiger partial charge in [0.05, 0.1) is 12.8 Å². The van der Waals surface area contributed by atoms with Crippen molar-refractivity contribution in [3.63, 3.8) is 0 Å². The molecule has 0 spiro atoms. The highest BCUT2D eigenvalue weighted by Crippen LogP contribution is 2.24. The molecule has 4 nitrogen and oxygen atoms in total. The first kappa shape index (κ1) is 13.8. The number of carbonyl (C=O) groups excluding carboxylic acids is 1. The number of nitrogens with one attached hydrogen (secondary N) is 1. The third-order valence-electron chi connectivity index (χ3n) is 2.55. The van der Waals surface area contributed by atoms with Crippen LogP contribution in [0, 0.1) is 11.3 Å². The first-order valence-corrected chi connectivity index (χ1v) is 6.72. The van der Waals surface area contributed by atoms with Crippen LogP contribution in [0.1, 0.15) is 4.88 Å². The molecule has 0 aliphatic rings. The Morgan fingerprint density at radius 2 is 2.15 bits per heavy atom. The van der Waals surface area contributed by atoms with Crippen molar-refractivity contribution in [1.82, 2.24) is 0 Å². The fourth-order valence-corrected chi connectivity index (χ4v) is 2.26. The Morgan fingerprint density at radius 1 is 1.35 bits per heavy atom. The monoisotopic (exact) mass is 284 g/mol. The normalized spacial score (nSPS) is 10.7. The number of carbonyl (C=O) groups is 1. The number of nitriles is 1. The van der Waals surface area contributed by atoms with Gasteiger partial charge >= 0.3 is 0 Å². The van der Waals surface area contributed by atoms with E-state index >= 15 is 0 Å². The first-order chi connectivity index (χ1) is 9.74. The summed E-state index contributed by atoms with van der Waals surface area (Å²) in [5.74, 6) is 0.0969. The molecule has 0 bridgehead atoms. The zero-order chi connectivity index (χ0) is 14.4. The Bertz CT molecular complexity index is 669. The summed E-state index contributed by atoms with van der Waals surface area (Å²) in [4.78, 5) is 12.9. The summed E-state index contributed by atoms with van der Waals surface area (Å²) in [6.07, 6.45) is 1.56. The predicted molar refractivity (Wildman–Crippen MR) is 79.5 cm³/mol. The van der Waals surface area contributed by atoms with Crippen molar-refractivity contribution in [2.75, 3.05) is 12.4 Å². The second-order valence-electron chi connectivity index (χ2n) is 3.84. The Morgan fingerprint density at radius 3 is 2.80 bits per heavy atom. The Labute approximate surface area is 120 Å². The number of nitrogens with zero attached hydrogens (tertiary/aromatic N) is 1. The summed E-state index contributed by atoms with van der Waals surface area (Å²) < 4.78 is 5.15. The summed E-state index contributed by atoms with van der Waals surface area (Å²) in [5.41, 5.74) is 0.589. The van der Waals surface area contributed by atoms with Crippen LogP contribution in [-0.2, 0) is 4.79 Å². The minimum atomic E-state index is -0.453. The predicted octanol–water partition coefficient (Wildman–Crippen LogP) is 3.30. The zero-order valence-electron chi connectivity index (χ0n) is 10.8. The maximum atomic E-state index is 12.1. The van der Waals surface area contributed by atoms with Crippen LogP contribution in [0.15, 0.2) is 47.4 Å². The maximum Gasteiger partial charge on any atom is 0.266 e. The van der Waals surface area contributed by atoms with Crippen LogP contribution in [0.25, 0.3) is 6.08 Å². The van der Waals surface area contributed by atoms with E-state index in [1.807, 2.05) is 23.6 Å². The largest absolute Gasteiger partial charge is 0.495 e. The number of para-hydroxylation sites is 2. The van der Waals surface area contributed by atoms with E-state index in [-0.39, 0.29) is 5.57 Å². The van der Waals surface area contributed by atoms with E-state index in [9.17, 15) is 4.79 Å². The molecule has 1 amide bonds. The number of ether oxygens (including phenoxy) is 1. The molecule has 0 radical (unpaired) electrons. The number of amides is 1. The second-order valence-corrected chi connectivity index (χ2v) is 4.82. The van der Waals surface area contributed by atoms with E-state index in [1.165, 1.54) is 18.4 Å². The molecule has 5 heteroatoms. The van der Waals surface area contributed by atoms with Gasteiger partial charge in [-0.2, -0.15) is 5.26 Å². The summed E-state index contributed by atoms with van der Waals surface area (Å²) in [6.45, 7) is 0. The summed E-state index contributed by atoms with van der Waals surface area (Å²) >= 11 is 1.47. The van der Waals surface area contributed by atoms with E-state index < -0.39 is 5.91 Å². The summed E-state index contributed by atoms with van der Waals surface area (Å²) in [6, 6.07) is 12.7. The minimum Gasteiger partial charge on any atom is -0.495 e. The molecule has 0 fully saturated rings. The van der Waals surface area contributed by atoms with Gasteiger partial charge in [0.15, 0.2) is 0 Å². The first-order valence-electron chi connectivity index (χ1n) is 5.84. The third kappa shape index (κ3) is 3.25. The Kier molecular flexibility index (Phi) is 4.53. The molecule has 0 atom stereocenters. The lowest BCUT2D eigenvalue weighted by Crippen LogP contribution is -2.14. The number of benzene rings is 1. The minimum absolute atomic E-state index is 0.0540. The fraction of sp³-hybridized carbons (Fsp3) is 0.0667. The van der Waals surface area contributed by atoms with Gasteiger partial charge in [-0.05, 0) is 29.7 Å². The van der Waals surface area contributed by atoms with Crippen molar-refractivity contribution in [3.8, 4) is 11.8 Å². The van der Waals surface area contributed by atoms with Crippen LogP contribution in [0.5, 0.6) is 5.75 Å². The molecule has 1 heterocycles. The standard InChI is InChI=1S/C15H12N2O2S/c1-19-14-7-3-2-6-13(14)17-15(18)11(10-16)9-12-5-4-8-20-12/h2-9H,1H3,(H,17,18)/b11-9+. The Hall–Kier alpha value is -2.58. The summed E-state index contributed by atoms with van der Waals surface area (Å²) in [7, 11) is 1.53. The molecule has 20 heavy (non-hydrogen) atoms. The molecule has 2 rings (SSSR count). The molecule has 1 aromatic heterocycles. The van der Waals surface area contributed by atoms with Gasteiger partial charge in [0.2, 0.25) is 0 Å². The lowest BCUT2D eigenvalue weighted by Gasteiger charge is -2.08. The van der Waals surface area contributed by atoms with Gasteiger partial charge < -0.3 is 10.1 Å². The van der Waals surface area contributed by atoms with E-state index in [0.717, 1.165) is 4.88 Å². The molecule has 1 N–H and O–H groups in total. The number of methoxy groups -OCH3 is 1. The van der Waals surface area contributed by atoms with Gasteiger partial charge in [0.1, 0.15) is 17.4 Å². The molecule has 100 valence electrons. The van der Waals surface area contributed by atoms with Crippen molar-refractivity contribution in [3.05, 3.63) is 52.2 Å². The van der Waals surface area contributed by atoms with E-state index in [1.54, 1.807) is 30.3 Å². The van der Waals surface area contributed by atoms with Crippen LogP contribution in [0.2, 0.25) is 0 Å². The highest BCUT2D eigenvalue weighted by atomic mass is 32.1. The molecule has 0 aliphatic heterocycles. The zero-order valence-corrected chi connectivity index (χ0v) is 11.6. The number of hydrogen-bond acceptors (Lipinski definition) is 4. The number of rotatable bonds is 4. The van der Waals surface area contributed by atoms with Gasteiger partial charge in [0, 0.05) is 4.88 Å². The summed E-state index contributed by atoms with van der Waals surface area (Å²) in [5, 5.41) is 13.7. The quantitative estimate of drug-likeness (QED) is 0.692. The van der Waals surface area contributed by atoms with Gasteiger partial charge in [-0.3, -0.25) is 4.79 Å². The molecular formula is C15H12N2O2S. The van der Waals surface area contributed by atoms with E-state index in [4.69, 9.17) is 10.00 Å². The molecular weight excluding hydrogens is 272 g/mol. The van der Waals surface area contributed by atoms with Gasteiger partial charge in [0.25, 0.3) is 5.91 Å². The number of anilines is 1. The lowest BCUT2D eigenvalue weighted by atomic mass is 10.2. The lowest BCUT2D eigenvalue weighted by molar-refractivity contribution is -0.112. The van der Waals surface area contributed by atoms with Crippen molar-refractivity contribution in [2.45, 2.75) is 0 Å². The SMILES string of the molecule is COc1ccccc1NC(=O)/C(C#N)=C/c1cccs1. The number of thiophene rings is 1. The van der Waals surface area contributed by atoms with E-state index in [0.29, 0.717) is 11.4 Å². The molecule has 0 aliphatic carbocycles. The van der Waals surface area contributed by atoms with Crippen LogP contribution in [-0.4, -0.2) is 13.0 Å². The average molecular weight is 284 g/mol. The van der Waals surface area contributed by atoms with Gasteiger partial charge in [-0.25, -0.2) is 0 Å². The van der Waals surface area contributed by atoms with Crippen molar-refractivity contribution in [2.24, 2.45) is 0 Å². The van der Waals surface area contributed by atoms with Crippen LogP contribution in [0.3, 0.4) is 0 Å². The van der Waals surface area contributed by atoms with Crippen molar-refractivity contribution >= 4 is 29.0 Å². The topological polar surface area (TPSA) is 62.1 Å². The molecule has 2 aromatic rings. The third-order valence-corrected chi connectivity index (χ3v) is 3.37. The van der Waals surface area contributed by atoms with Crippen molar-refractivity contribution in [1.29, 1.82) is 5.26 Å². The van der Waals surface area contributed by atoms with Gasteiger partial charge in [-0.1, -0.05) is 18.2 Å². The Balaban J connectivity index is 2.21. The number of hydrogen-bond donors (Lipinski definition) is 1. The molecule has 0 unspecified atom stereocenters. The van der Waals surface area contributed by atoms with Gasteiger partial charge in [-0.15, -0.1) is 11.3 Å². The highest BCUT2D eigenvalue weighted by Gasteiger charge is 2.12. The fourth-order valence-electron chi connectivity index (χ4n) is 1.60. The van der Waals surface area contributed by atoms with Crippen LogP contribution >= 0.6 is 11.3 Å². The molecule has 1 aromatic carbocycles. The van der Waals surface area contributed by atoms with Crippen LogP contribution < -0.4 is 10.1 Å².